The van der Waals surface area contributed by atoms with Gasteiger partial charge in [0.2, 0.25) is 11.8 Å². The van der Waals surface area contributed by atoms with Gasteiger partial charge < -0.3 is 19.9 Å². The van der Waals surface area contributed by atoms with Crippen molar-refractivity contribution in [3.8, 4) is 5.75 Å². The molecule has 2 heterocycles. The maximum Gasteiger partial charge on any atom is 0.237 e. The van der Waals surface area contributed by atoms with Gasteiger partial charge in [0.1, 0.15) is 5.75 Å². The first-order valence-corrected chi connectivity index (χ1v) is 9.70. The molecule has 1 N–H and O–H groups in total. The molecule has 1 aromatic carbocycles. The summed E-state index contributed by atoms with van der Waals surface area (Å²) in [5.41, 5.74) is 1.06. The highest BCUT2D eigenvalue weighted by atomic mass is 16.5. The van der Waals surface area contributed by atoms with Crippen molar-refractivity contribution in [1.29, 1.82) is 0 Å². The van der Waals surface area contributed by atoms with Crippen molar-refractivity contribution in [2.24, 2.45) is 0 Å². The van der Waals surface area contributed by atoms with Crippen LogP contribution in [0.3, 0.4) is 0 Å². The standard InChI is InChI=1S/C20H30N4O3/c1-15(2)24-9-8-21-20(26)17(24)14-19(25)23-12-10-22(11-13-23)16-6-4-5-7-18(16)27-3/h4-7,15,17H,8-14H2,1-3H3,(H,21,26). The lowest BCUT2D eigenvalue weighted by atomic mass is 10.1. The Balaban J connectivity index is 1.59. The first-order chi connectivity index (χ1) is 13.0. The fourth-order valence-corrected chi connectivity index (χ4v) is 3.94. The maximum atomic E-state index is 12.8. The third kappa shape index (κ3) is 4.35. The third-order valence-corrected chi connectivity index (χ3v) is 5.46. The first kappa shape index (κ1) is 19.5. The second-order valence-electron chi connectivity index (χ2n) is 7.38. The van der Waals surface area contributed by atoms with Crippen LogP contribution in [0.5, 0.6) is 5.75 Å². The van der Waals surface area contributed by atoms with Gasteiger partial charge in [0.05, 0.1) is 25.3 Å². The van der Waals surface area contributed by atoms with E-state index in [2.05, 4.69) is 29.0 Å². The van der Waals surface area contributed by atoms with Crippen molar-refractivity contribution in [3.05, 3.63) is 24.3 Å². The minimum absolute atomic E-state index is 0.0315. The monoisotopic (exact) mass is 374 g/mol. The number of methoxy groups -OCH3 is 1. The zero-order valence-corrected chi connectivity index (χ0v) is 16.5. The van der Waals surface area contributed by atoms with E-state index in [0.29, 0.717) is 19.6 Å². The number of carbonyl (C=O) groups excluding carboxylic acids is 2. The number of carbonyl (C=O) groups is 2. The second kappa shape index (κ2) is 8.61. The molecule has 2 fully saturated rings. The van der Waals surface area contributed by atoms with Gasteiger partial charge in [-0.25, -0.2) is 0 Å². The summed E-state index contributed by atoms with van der Waals surface area (Å²) in [5.74, 6) is 0.877. The van der Waals surface area contributed by atoms with E-state index in [1.165, 1.54) is 0 Å². The number of ether oxygens (including phenoxy) is 1. The van der Waals surface area contributed by atoms with E-state index in [4.69, 9.17) is 4.74 Å². The summed E-state index contributed by atoms with van der Waals surface area (Å²) in [5, 5.41) is 2.89. The number of hydrogen-bond acceptors (Lipinski definition) is 5. The Morgan fingerprint density at radius 3 is 2.56 bits per heavy atom. The van der Waals surface area contributed by atoms with Crippen LogP contribution in [-0.2, 0) is 9.59 Å². The lowest BCUT2D eigenvalue weighted by Gasteiger charge is -2.40. The molecule has 27 heavy (non-hydrogen) atoms. The SMILES string of the molecule is COc1ccccc1N1CCN(C(=O)CC2C(=O)NCCN2C(C)C)CC1. The summed E-state index contributed by atoms with van der Waals surface area (Å²) in [7, 11) is 1.67. The molecule has 7 heteroatoms. The molecule has 0 radical (unpaired) electrons. The van der Waals surface area contributed by atoms with Crippen molar-refractivity contribution in [1.82, 2.24) is 15.1 Å². The van der Waals surface area contributed by atoms with Crippen molar-refractivity contribution in [2.75, 3.05) is 51.3 Å². The molecule has 0 aliphatic carbocycles. The Hall–Kier alpha value is -2.28. The topological polar surface area (TPSA) is 65.1 Å². The highest BCUT2D eigenvalue weighted by molar-refractivity contribution is 5.89. The van der Waals surface area contributed by atoms with Crippen LogP contribution < -0.4 is 15.0 Å². The van der Waals surface area contributed by atoms with Crippen molar-refractivity contribution >= 4 is 17.5 Å². The van der Waals surface area contributed by atoms with Crippen LogP contribution in [0.25, 0.3) is 0 Å². The van der Waals surface area contributed by atoms with Crippen LogP contribution in [0.15, 0.2) is 24.3 Å². The maximum absolute atomic E-state index is 12.8. The van der Waals surface area contributed by atoms with Crippen molar-refractivity contribution < 1.29 is 14.3 Å². The molecule has 7 nitrogen and oxygen atoms in total. The van der Waals surface area contributed by atoms with Crippen molar-refractivity contribution in [3.63, 3.8) is 0 Å². The Morgan fingerprint density at radius 2 is 1.89 bits per heavy atom. The summed E-state index contributed by atoms with van der Waals surface area (Å²) in [6, 6.07) is 7.84. The highest BCUT2D eigenvalue weighted by Gasteiger charge is 2.34. The summed E-state index contributed by atoms with van der Waals surface area (Å²) < 4.78 is 5.45. The number of piperazine rings is 2. The number of rotatable bonds is 5. The average Bonchev–Trinajstić information content (AvgIpc) is 2.69. The zero-order valence-electron chi connectivity index (χ0n) is 16.5. The Bertz CT molecular complexity index is 671. The summed E-state index contributed by atoms with van der Waals surface area (Å²) in [6.07, 6.45) is 0.249. The smallest absolute Gasteiger partial charge is 0.237 e. The zero-order chi connectivity index (χ0) is 19.4. The molecule has 0 saturated carbocycles. The number of para-hydroxylation sites is 2. The number of anilines is 1. The van der Waals surface area contributed by atoms with E-state index in [0.717, 1.165) is 31.1 Å². The minimum Gasteiger partial charge on any atom is -0.495 e. The van der Waals surface area contributed by atoms with Crippen LogP contribution in [0.1, 0.15) is 20.3 Å². The molecule has 2 amide bonds. The van der Waals surface area contributed by atoms with E-state index in [9.17, 15) is 9.59 Å². The van der Waals surface area contributed by atoms with Crippen LogP contribution in [0, 0.1) is 0 Å². The fourth-order valence-electron chi connectivity index (χ4n) is 3.94. The van der Waals surface area contributed by atoms with Gasteiger partial charge in [-0.15, -0.1) is 0 Å². The summed E-state index contributed by atoms with van der Waals surface area (Å²) in [4.78, 5) is 31.4. The Kier molecular flexibility index (Phi) is 6.21. The molecular formula is C20H30N4O3. The molecule has 1 atom stereocenters. The number of benzene rings is 1. The summed E-state index contributed by atoms with van der Waals surface area (Å²) in [6.45, 7) is 8.43. The highest BCUT2D eigenvalue weighted by Crippen LogP contribution is 2.28. The predicted octanol–water partition coefficient (Wildman–Crippen LogP) is 0.943. The molecule has 0 bridgehead atoms. The number of nitrogens with one attached hydrogen (secondary N) is 1. The number of amides is 2. The largest absolute Gasteiger partial charge is 0.495 e. The van der Waals surface area contributed by atoms with Crippen molar-refractivity contribution in [2.45, 2.75) is 32.4 Å². The van der Waals surface area contributed by atoms with E-state index in [1.54, 1.807) is 7.11 Å². The fraction of sp³-hybridized carbons (Fsp3) is 0.600. The van der Waals surface area contributed by atoms with Gasteiger partial charge in [0.25, 0.3) is 0 Å². The van der Waals surface area contributed by atoms with E-state index >= 15 is 0 Å². The third-order valence-electron chi connectivity index (χ3n) is 5.46. The number of nitrogens with zero attached hydrogens (tertiary/aromatic N) is 3. The average molecular weight is 374 g/mol. The van der Waals surface area contributed by atoms with Gasteiger partial charge in [-0.3, -0.25) is 14.5 Å². The molecule has 0 spiro atoms. The van der Waals surface area contributed by atoms with Gasteiger partial charge in [0, 0.05) is 45.3 Å². The predicted molar refractivity (Wildman–Crippen MR) is 105 cm³/mol. The molecule has 2 saturated heterocycles. The van der Waals surface area contributed by atoms with E-state index in [-0.39, 0.29) is 30.3 Å². The molecule has 2 aliphatic heterocycles. The van der Waals surface area contributed by atoms with Crippen LogP contribution >= 0.6 is 0 Å². The minimum atomic E-state index is -0.363. The van der Waals surface area contributed by atoms with Gasteiger partial charge in [-0.05, 0) is 26.0 Å². The van der Waals surface area contributed by atoms with Crippen LogP contribution in [0.2, 0.25) is 0 Å². The normalized spacial score (nSPS) is 21.3. The number of hydrogen-bond donors (Lipinski definition) is 1. The molecular weight excluding hydrogens is 344 g/mol. The summed E-state index contributed by atoms with van der Waals surface area (Å²) >= 11 is 0. The molecule has 0 aromatic heterocycles. The lowest BCUT2D eigenvalue weighted by Crippen LogP contribution is -2.59. The lowest BCUT2D eigenvalue weighted by molar-refractivity contribution is -0.139. The molecule has 2 aliphatic rings. The Morgan fingerprint density at radius 1 is 1.19 bits per heavy atom. The molecule has 1 aromatic rings. The molecule has 1 unspecified atom stereocenters. The van der Waals surface area contributed by atoms with Crippen LogP contribution in [-0.4, -0.2) is 80.1 Å². The van der Waals surface area contributed by atoms with Gasteiger partial charge >= 0.3 is 0 Å². The van der Waals surface area contributed by atoms with Crippen LogP contribution in [0.4, 0.5) is 5.69 Å². The molecule has 3 rings (SSSR count). The van der Waals surface area contributed by atoms with Gasteiger partial charge in [-0.2, -0.15) is 0 Å². The second-order valence-corrected chi connectivity index (χ2v) is 7.38. The van der Waals surface area contributed by atoms with Gasteiger partial charge in [-0.1, -0.05) is 12.1 Å². The molecule has 148 valence electrons. The first-order valence-electron chi connectivity index (χ1n) is 9.70. The van der Waals surface area contributed by atoms with Gasteiger partial charge in [0.15, 0.2) is 0 Å². The quantitative estimate of drug-likeness (QED) is 0.831. The van der Waals surface area contributed by atoms with E-state index < -0.39 is 0 Å². The Labute approximate surface area is 161 Å². The van der Waals surface area contributed by atoms with E-state index in [1.807, 2.05) is 29.2 Å².